The normalized spacial score (nSPS) is 12.4. The maximum absolute atomic E-state index is 11.5. The SMILES string of the molecule is NCCS(=O)Cc1ccc(Br)cc1[N+](=O)[O-]. The van der Waals surface area contributed by atoms with Gasteiger partial charge < -0.3 is 5.73 Å². The molecule has 0 heterocycles. The van der Waals surface area contributed by atoms with Gasteiger partial charge in [0, 0.05) is 39.2 Å². The van der Waals surface area contributed by atoms with Gasteiger partial charge in [-0.25, -0.2) is 0 Å². The van der Waals surface area contributed by atoms with Crippen LogP contribution in [0.15, 0.2) is 22.7 Å². The Hall–Kier alpha value is -0.790. The fraction of sp³-hybridized carbons (Fsp3) is 0.333. The zero-order valence-corrected chi connectivity index (χ0v) is 10.8. The van der Waals surface area contributed by atoms with Crippen molar-refractivity contribution in [2.24, 2.45) is 5.73 Å². The molecule has 0 saturated heterocycles. The van der Waals surface area contributed by atoms with Crippen LogP contribution in [-0.2, 0) is 16.6 Å². The highest BCUT2D eigenvalue weighted by Crippen LogP contribution is 2.24. The lowest BCUT2D eigenvalue weighted by atomic mass is 10.2. The molecule has 1 aromatic rings. The van der Waals surface area contributed by atoms with Crippen molar-refractivity contribution in [3.63, 3.8) is 0 Å². The summed E-state index contributed by atoms with van der Waals surface area (Å²) >= 11 is 3.16. The zero-order chi connectivity index (χ0) is 12.1. The molecule has 0 aliphatic carbocycles. The van der Waals surface area contributed by atoms with Crippen LogP contribution in [0.1, 0.15) is 5.56 Å². The molecule has 88 valence electrons. The highest BCUT2D eigenvalue weighted by atomic mass is 79.9. The van der Waals surface area contributed by atoms with E-state index in [2.05, 4.69) is 15.9 Å². The third kappa shape index (κ3) is 3.66. The highest BCUT2D eigenvalue weighted by molar-refractivity contribution is 9.10. The summed E-state index contributed by atoms with van der Waals surface area (Å²) in [5.74, 6) is 0.522. The maximum atomic E-state index is 11.5. The average molecular weight is 307 g/mol. The monoisotopic (exact) mass is 306 g/mol. The molecule has 2 N–H and O–H groups in total. The Morgan fingerprint density at radius 2 is 2.19 bits per heavy atom. The van der Waals surface area contributed by atoms with Crippen molar-refractivity contribution in [1.29, 1.82) is 0 Å². The molecule has 7 heteroatoms. The van der Waals surface area contributed by atoms with Gasteiger partial charge in [-0.1, -0.05) is 22.0 Å². The lowest BCUT2D eigenvalue weighted by molar-refractivity contribution is -0.385. The predicted octanol–water partition coefficient (Wildman–Crippen LogP) is 1.56. The first-order valence-corrected chi connectivity index (χ1v) is 6.80. The van der Waals surface area contributed by atoms with Crippen molar-refractivity contribution in [3.05, 3.63) is 38.3 Å². The van der Waals surface area contributed by atoms with Gasteiger partial charge >= 0.3 is 0 Å². The number of nitro groups is 1. The van der Waals surface area contributed by atoms with Crippen LogP contribution >= 0.6 is 15.9 Å². The third-order valence-electron chi connectivity index (χ3n) is 1.91. The summed E-state index contributed by atoms with van der Waals surface area (Å²) in [7, 11) is -1.15. The Kier molecular flexibility index (Phi) is 5.04. The largest absolute Gasteiger partial charge is 0.330 e. The molecule has 0 bridgehead atoms. The summed E-state index contributed by atoms with van der Waals surface area (Å²) in [6.07, 6.45) is 0. The molecule has 0 saturated carbocycles. The van der Waals surface area contributed by atoms with Crippen molar-refractivity contribution in [2.75, 3.05) is 12.3 Å². The van der Waals surface area contributed by atoms with Crippen LogP contribution in [0, 0.1) is 10.1 Å². The fourth-order valence-electron chi connectivity index (χ4n) is 1.21. The molecule has 16 heavy (non-hydrogen) atoms. The van der Waals surface area contributed by atoms with E-state index in [1.54, 1.807) is 12.1 Å². The fourth-order valence-corrected chi connectivity index (χ4v) is 2.55. The van der Waals surface area contributed by atoms with Crippen LogP contribution in [-0.4, -0.2) is 21.4 Å². The first kappa shape index (κ1) is 13.3. The van der Waals surface area contributed by atoms with Gasteiger partial charge in [-0.05, 0) is 6.07 Å². The predicted molar refractivity (Wildman–Crippen MR) is 66.6 cm³/mol. The first-order chi connectivity index (χ1) is 7.54. The number of hydrogen-bond donors (Lipinski definition) is 1. The van der Waals surface area contributed by atoms with Crippen molar-refractivity contribution in [2.45, 2.75) is 5.75 Å². The minimum Gasteiger partial charge on any atom is -0.330 e. The summed E-state index contributed by atoms with van der Waals surface area (Å²) < 4.78 is 12.1. The Balaban J connectivity index is 2.95. The highest BCUT2D eigenvalue weighted by Gasteiger charge is 2.15. The Labute approximate surface area is 104 Å². The summed E-state index contributed by atoms with van der Waals surface area (Å²) in [5.41, 5.74) is 5.73. The molecule has 0 aliphatic heterocycles. The van der Waals surface area contributed by atoms with Gasteiger partial charge in [-0.2, -0.15) is 0 Å². The van der Waals surface area contributed by atoms with E-state index in [0.717, 1.165) is 0 Å². The Bertz CT molecular complexity index is 425. The number of benzene rings is 1. The molecule has 0 aromatic heterocycles. The lowest BCUT2D eigenvalue weighted by Crippen LogP contribution is -2.12. The van der Waals surface area contributed by atoms with Gasteiger partial charge in [-0.3, -0.25) is 14.3 Å². The smallest absolute Gasteiger partial charge is 0.274 e. The molecule has 0 fully saturated rings. The van der Waals surface area contributed by atoms with E-state index in [1.807, 2.05) is 0 Å². The Morgan fingerprint density at radius 1 is 1.50 bits per heavy atom. The number of nitrogens with zero attached hydrogens (tertiary/aromatic N) is 1. The van der Waals surface area contributed by atoms with Crippen molar-refractivity contribution < 1.29 is 9.13 Å². The number of nitro benzene ring substituents is 1. The maximum Gasteiger partial charge on any atom is 0.274 e. The van der Waals surface area contributed by atoms with E-state index < -0.39 is 15.7 Å². The summed E-state index contributed by atoms with van der Waals surface area (Å²) in [5, 5.41) is 10.8. The van der Waals surface area contributed by atoms with Gasteiger partial charge in [0.25, 0.3) is 5.69 Å². The molecule has 1 aromatic carbocycles. The minimum absolute atomic E-state index is 0.0141. The first-order valence-electron chi connectivity index (χ1n) is 4.52. The second-order valence-electron chi connectivity index (χ2n) is 3.11. The van der Waals surface area contributed by atoms with E-state index >= 15 is 0 Å². The summed E-state index contributed by atoms with van der Waals surface area (Å²) in [6, 6.07) is 4.72. The van der Waals surface area contributed by atoms with E-state index in [1.165, 1.54) is 6.07 Å². The number of rotatable bonds is 5. The van der Waals surface area contributed by atoms with Gasteiger partial charge in [0.2, 0.25) is 0 Å². The van der Waals surface area contributed by atoms with Crippen LogP contribution in [0.25, 0.3) is 0 Å². The van der Waals surface area contributed by atoms with Crippen LogP contribution in [0.4, 0.5) is 5.69 Å². The molecule has 0 radical (unpaired) electrons. The zero-order valence-electron chi connectivity index (χ0n) is 8.39. The number of halogens is 1. The standard InChI is InChI=1S/C9H11BrN2O3S/c10-8-2-1-7(6-16(15)4-3-11)9(5-8)12(13)14/h1-2,5H,3-4,6,11H2. The van der Waals surface area contributed by atoms with Gasteiger partial charge in [0.05, 0.1) is 10.7 Å². The Morgan fingerprint density at radius 3 is 2.75 bits per heavy atom. The van der Waals surface area contributed by atoms with Crippen molar-refractivity contribution in [1.82, 2.24) is 0 Å². The molecule has 0 spiro atoms. The van der Waals surface area contributed by atoms with Crippen LogP contribution in [0.3, 0.4) is 0 Å². The second-order valence-corrected chi connectivity index (χ2v) is 5.60. The third-order valence-corrected chi connectivity index (χ3v) is 3.72. The quantitative estimate of drug-likeness (QED) is 0.661. The van der Waals surface area contributed by atoms with Crippen LogP contribution in [0.2, 0.25) is 0 Å². The minimum atomic E-state index is -1.15. The number of nitrogens with two attached hydrogens (primary N) is 1. The van der Waals surface area contributed by atoms with Crippen molar-refractivity contribution >= 4 is 32.4 Å². The topological polar surface area (TPSA) is 86.2 Å². The molecule has 1 unspecified atom stereocenters. The van der Waals surface area contributed by atoms with E-state index in [4.69, 9.17) is 5.73 Å². The van der Waals surface area contributed by atoms with Gasteiger partial charge in [0.1, 0.15) is 0 Å². The molecular formula is C9H11BrN2O3S. The second kappa shape index (κ2) is 6.07. The summed E-state index contributed by atoms with van der Waals surface area (Å²) in [6.45, 7) is 0.316. The van der Waals surface area contributed by atoms with Crippen molar-refractivity contribution in [3.8, 4) is 0 Å². The van der Waals surface area contributed by atoms with E-state index in [0.29, 0.717) is 22.3 Å². The lowest BCUT2D eigenvalue weighted by Gasteiger charge is -2.03. The van der Waals surface area contributed by atoms with Crippen LogP contribution < -0.4 is 5.73 Å². The average Bonchev–Trinajstić information content (AvgIpc) is 2.20. The van der Waals surface area contributed by atoms with E-state index in [-0.39, 0.29) is 11.4 Å². The molecule has 5 nitrogen and oxygen atoms in total. The van der Waals surface area contributed by atoms with Gasteiger partial charge in [-0.15, -0.1) is 0 Å². The molecular weight excluding hydrogens is 296 g/mol. The molecule has 0 aliphatic rings. The summed E-state index contributed by atoms with van der Waals surface area (Å²) in [4.78, 5) is 10.3. The number of hydrogen-bond acceptors (Lipinski definition) is 4. The van der Waals surface area contributed by atoms with E-state index in [9.17, 15) is 14.3 Å². The van der Waals surface area contributed by atoms with Crippen LogP contribution in [0.5, 0.6) is 0 Å². The molecule has 1 atom stereocenters. The molecule has 1 rings (SSSR count). The molecule has 0 amide bonds. The van der Waals surface area contributed by atoms with Gasteiger partial charge in [0.15, 0.2) is 0 Å².